The van der Waals surface area contributed by atoms with E-state index in [0.29, 0.717) is 11.8 Å². The Morgan fingerprint density at radius 3 is 2.55 bits per heavy atom. The summed E-state index contributed by atoms with van der Waals surface area (Å²) in [5.41, 5.74) is 2.07. The van der Waals surface area contributed by atoms with Crippen LogP contribution in [0.3, 0.4) is 0 Å². The number of rotatable bonds is 2. The Morgan fingerprint density at radius 1 is 1.00 bits per heavy atom. The molecular weight excluding hydrogens is 254 g/mol. The highest BCUT2D eigenvalue weighted by Crippen LogP contribution is 2.35. The van der Waals surface area contributed by atoms with Crippen molar-refractivity contribution in [2.45, 2.75) is 6.42 Å². The third-order valence-corrected chi connectivity index (χ3v) is 3.65. The average Bonchev–Trinajstić information content (AvgIpc) is 2.44. The van der Waals surface area contributed by atoms with Crippen molar-refractivity contribution in [2.75, 3.05) is 6.61 Å². The summed E-state index contributed by atoms with van der Waals surface area (Å²) in [5.74, 6) is -0.226. The summed E-state index contributed by atoms with van der Waals surface area (Å²) < 4.78 is 1.92. The summed E-state index contributed by atoms with van der Waals surface area (Å²) in [6, 6.07) is 9.31. The van der Waals surface area contributed by atoms with E-state index >= 15 is 0 Å². The first-order valence-electron chi connectivity index (χ1n) is 6.48. The predicted molar refractivity (Wildman–Crippen MR) is 76.7 cm³/mol. The molecule has 0 aliphatic carbocycles. The molecule has 0 saturated carbocycles. The summed E-state index contributed by atoms with van der Waals surface area (Å²) in [6.45, 7) is 0.106. The van der Waals surface area contributed by atoms with Gasteiger partial charge in [0.05, 0.1) is 10.8 Å². The lowest BCUT2D eigenvalue weighted by Gasteiger charge is -2.07. The number of pyridine rings is 1. The van der Waals surface area contributed by atoms with Gasteiger partial charge >= 0.3 is 0 Å². The molecule has 0 bridgehead atoms. The number of aliphatic hydroxyl groups excluding tert-OH is 1. The molecule has 0 amide bonds. The van der Waals surface area contributed by atoms with E-state index in [0.717, 1.165) is 21.9 Å². The van der Waals surface area contributed by atoms with Crippen LogP contribution in [0.1, 0.15) is 5.56 Å². The third-order valence-electron chi connectivity index (χ3n) is 3.65. The second-order valence-corrected chi connectivity index (χ2v) is 4.96. The van der Waals surface area contributed by atoms with Gasteiger partial charge in [-0.3, -0.25) is 0 Å². The van der Waals surface area contributed by atoms with Crippen LogP contribution in [-0.4, -0.2) is 21.9 Å². The molecule has 3 N–H and O–H groups in total. The highest BCUT2D eigenvalue weighted by atomic mass is 16.3. The minimum atomic E-state index is -0.122. The standard InChI is InChI=1S/C16H15NO3/c1-17-9-13-11(3-5-15(19)16(13)20)12-8-10(6-7-18)2-4-14(12)17/h2-5,8-9,18-19H,6-7H2,1H3/p+1. The predicted octanol–water partition coefficient (Wildman–Crippen LogP) is 1.76. The number of aromatic nitrogens is 1. The van der Waals surface area contributed by atoms with E-state index in [-0.39, 0.29) is 18.1 Å². The topological polar surface area (TPSA) is 64.6 Å². The second-order valence-electron chi connectivity index (χ2n) is 4.96. The molecule has 2 aromatic carbocycles. The van der Waals surface area contributed by atoms with Gasteiger partial charge in [-0.25, -0.2) is 4.57 Å². The van der Waals surface area contributed by atoms with E-state index in [4.69, 9.17) is 5.11 Å². The molecule has 3 rings (SSSR count). The smallest absolute Gasteiger partial charge is 0.212 e. The number of hydrogen-bond donors (Lipinski definition) is 3. The Kier molecular flexibility index (Phi) is 2.95. The monoisotopic (exact) mass is 270 g/mol. The van der Waals surface area contributed by atoms with Crippen molar-refractivity contribution in [1.82, 2.24) is 0 Å². The molecule has 4 heteroatoms. The molecule has 0 aliphatic heterocycles. The normalized spacial score (nSPS) is 11.3. The first-order chi connectivity index (χ1) is 9.61. The van der Waals surface area contributed by atoms with Gasteiger partial charge in [-0.2, -0.15) is 0 Å². The number of phenols is 2. The Bertz CT molecular complexity index is 812. The molecule has 3 aromatic rings. The summed E-state index contributed by atoms with van der Waals surface area (Å²) in [4.78, 5) is 0. The number of nitrogens with zero attached hydrogens (tertiary/aromatic N) is 1. The van der Waals surface area contributed by atoms with Crippen molar-refractivity contribution < 1.29 is 19.9 Å². The third kappa shape index (κ3) is 1.85. The van der Waals surface area contributed by atoms with Crippen LogP contribution >= 0.6 is 0 Å². The van der Waals surface area contributed by atoms with Gasteiger partial charge in [0, 0.05) is 18.1 Å². The van der Waals surface area contributed by atoms with Crippen molar-refractivity contribution in [3.63, 3.8) is 0 Å². The van der Waals surface area contributed by atoms with Gasteiger partial charge in [-0.05, 0) is 30.2 Å². The zero-order chi connectivity index (χ0) is 14.3. The van der Waals surface area contributed by atoms with Gasteiger partial charge in [0.2, 0.25) is 5.52 Å². The first kappa shape index (κ1) is 12.7. The molecule has 0 spiro atoms. The minimum absolute atomic E-state index is 0.104. The minimum Gasteiger partial charge on any atom is -0.504 e. The SMILES string of the molecule is C[n+]1cc2c(O)c(O)ccc2c2cc(CCO)ccc21. The maximum atomic E-state index is 10.0. The fourth-order valence-electron chi connectivity index (χ4n) is 2.62. The molecule has 0 unspecified atom stereocenters. The van der Waals surface area contributed by atoms with Crippen LogP contribution in [0.25, 0.3) is 21.7 Å². The van der Waals surface area contributed by atoms with Gasteiger partial charge in [0.15, 0.2) is 17.7 Å². The molecule has 1 heterocycles. The molecule has 4 nitrogen and oxygen atoms in total. The summed E-state index contributed by atoms with van der Waals surface area (Å²) in [7, 11) is 1.90. The van der Waals surface area contributed by atoms with E-state index in [1.165, 1.54) is 6.07 Å². The average molecular weight is 270 g/mol. The highest BCUT2D eigenvalue weighted by Gasteiger charge is 2.15. The fraction of sp³-hybridized carbons (Fsp3) is 0.188. The van der Waals surface area contributed by atoms with Crippen LogP contribution in [-0.2, 0) is 13.5 Å². The molecule has 102 valence electrons. The first-order valence-corrected chi connectivity index (χ1v) is 6.48. The van der Waals surface area contributed by atoms with E-state index < -0.39 is 0 Å². The van der Waals surface area contributed by atoms with Crippen LogP contribution in [0.2, 0.25) is 0 Å². The Hall–Kier alpha value is -2.33. The lowest BCUT2D eigenvalue weighted by atomic mass is 10.0. The number of hydrogen-bond acceptors (Lipinski definition) is 3. The van der Waals surface area contributed by atoms with Crippen molar-refractivity contribution in [1.29, 1.82) is 0 Å². The summed E-state index contributed by atoms with van der Waals surface area (Å²) >= 11 is 0. The summed E-state index contributed by atoms with van der Waals surface area (Å²) in [5, 5.41) is 31.2. The maximum absolute atomic E-state index is 10.0. The van der Waals surface area contributed by atoms with Gasteiger partial charge in [-0.15, -0.1) is 0 Å². The number of aryl methyl sites for hydroxylation is 1. The molecule has 0 aliphatic rings. The number of fused-ring (bicyclic) bond motifs is 3. The van der Waals surface area contributed by atoms with Crippen molar-refractivity contribution >= 4 is 21.7 Å². The van der Waals surface area contributed by atoms with Gasteiger partial charge in [-0.1, -0.05) is 6.07 Å². The Labute approximate surface area is 116 Å². The fourth-order valence-corrected chi connectivity index (χ4v) is 2.62. The molecular formula is C16H16NO3+. The van der Waals surface area contributed by atoms with Crippen LogP contribution in [0.15, 0.2) is 36.5 Å². The number of aromatic hydroxyl groups is 2. The number of phenolic OH excluding ortho intramolecular Hbond substituents is 2. The molecule has 0 radical (unpaired) electrons. The number of benzene rings is 2. The highest BCUT2D eigenvalue weighted by molar-refractivity contribution is 6.06. The zero-order valence-corrected chi connectivity index (χ0v) is 11.2. The lowest BCUT2D eigenvalue weighted by molar-refractivity contribution is -0.643. The second kappa shape index (κ2) is 4.65. The van der Waals surface area contributed by atoms with Gasteiger partial charge in [0.1, 0.15) is 7.05 Å². The van der Waals surface area contributed by atoms with Crippen molar-refractivity contribution in [2.24, 2.45) is 7.05 Å². The molecule has 0 fully saturated rings. The lowest BCUT2D eigenvalue weighted by Crippen LogP contribution is -2.28. The van der Waals surface area contributed by atoms with E-state index in [2.05, 4.69) is 0 Å². The van der Waals surface area contributed by atoms with E-state index in [1.807, 2.05) is 29.8 Å². The van der Waals surface area contributed by atoms with E-state index in [1.54, 1.807) is 12.3 Å². The van der Waals surface area contributed by atoms with Crippen molar-refractivity contribution in [3.8, 4) is 11.5 Å². The van der Waals surface area contributed by atoms with Gasteiger partial charge in [0.25, 0.3) is 0 Å². The number of aliphatic hydroxyl groups is 1. The van der Waals surface area contributed by atoms with Gasteiger partial charge < -0.3 is 15.3 Å². The maximum Gasteiger partial charge on any atom is 0.212 e. The Balaban J connectivity index is 2.44. The van der Waals surface area contributed by atoms with Crippen LogP contribution < -0.4 is 4.57 Å². The van der Waals surface area contributed by atoms with Crippen LogP contribution in [0.5, 0.6) is 11.5 Å². The van der Waals surface area contributed by atoms with Crippen LogP contribution in [0.4, 0.5) is 0 Å². The molecule has 0 atom stereocenters. The molecule has 20 heavy (non-hydrogen) atoms. The Morgan fingerprint density at radius 2 is 1.80 bits per heavy atom. The van der Waals surface area contributed by atoms with Crippen molar-refractivity contribution in [3.05, 3.63) is 42.1 Å². The zero-order valence-electron chi connectivity index (χ0n) is 11.2. The largest absolute Gasteiger partial charge is 0.504 e. The van der Waals surface area contributed by atoms with E-state index in [9.17, 15) is 10.2 Å². The summed E-state index contributed by atoms with van der Waals surface area (Å²) in [6.07, 6.45) is 2.40. The quantitative estimate of drug-likeness (QED) is 0.378. The molecule has 0 saturated heterocycles. The van der Waals surface area contributed by atoms with Crippen LogP contribution in [0, 0.1) is 0 Å². The molecule has 1 aromatic heterocycles.